The molecule has 3 rings (SSSR count). The zero-order chi connectivity index (χ0) is 13.2. The highest BCUT2D eigenvalue weighted by Crippen LogP contribution is 2.30. The average molecular weight is 268 g/mol. The Hall–Kier alpha value is -1.87. The molecule has 0 aliphatic rings. The molecule has 1 N–H and O–H groups in total. The number of rotatable bonds is 3. The first-order valence-electron chi connectivity index (χ1n) is 6.45. The molecule has 0 saturated carbocycles. The van der Waals surface area contributed by atoms with Gasteiger partial charge in [0.05, 0.1) is 0 Å². The highest BCUT2D eigenvalue weighted by Gasteiger charge is 2.04. The summed E-state index contributed by atoms with van der Waals surface area (Å²) < 4.78 is 0. The lowest BCUT2D eigenvalue weighted by Gasteiger charge is -2.04. The largest absolute Gasteiger partial charge is 0.373 e. The van der Waals surface area contributed by atoms with Crippen molar-refractivity contribution in [2.24, 2.45) is 0 Å². The SMILES string of the molecule is CCc1csc(-c2ccc3cnc(NC)cc3c2)c1. The van der Waals surface area contributed by atoms with Crippen LogP contribution in [0, 0.1) is 0 Å². The van der Waals surface area contributed by atoms with Gasteiger partial charge in [0.25, 0.3) is 0 Å². The third kappa shape index (κ3) is 2.34. The predicted octanol–water partition coefficient (Wildman–Crippen LogP) is 4.57. The molecular weight excluding hydrogens is 252 g/mol. The van der Waals surface area contributed by atoms with Gasteiger partial charge >= 0.3 is 0 Å². The first-order chi connectivity index (χ1) is 9.30. The molecule has 2 aromatic heterocycles. The van der Waals surface area contributed by atoms with E-state index in [-0.39, 0.29) is 0 Å². The Balaban J connectivity index is 2.09. The molecule has 0 aliphatic carbocycles. The van der Waals surface area contributed by atoms with Gasteiger partial charge in [-0.2, -0.15) is 0 Å². The van der Waals surface area contributed by atoms with Crippen LogP contribution >= 0.6 is 11.3 Å². The van der Waals surface area contributed by atoms with Crippen LogP contribution in [0.2, 0.25) is 0 Å². The second kappa shape index (κ2) is 5.02. The standard InChI is InChI=1S/C16H16N2S/c1-3-11-6-15(19-10-11)12-4-5-13-9-18-16(17-2)8-14(13)7-12/h4-10H,3H2,1-2H3,(H,17,18). The summed E-state index contributed by atoms with van der Waals surface area (Å²) in [5.41, 5.74) is 2.69. The van der Waals surface area contributed by atoms with E-state index < -0.39 is 0 Å². The fourth-order valence-corrected chi connectivity index (χ4v) is 3.14. The molecule has 0 atom stereocenters. The maximum absolute atomic E-state index is 4.34. The molecule has 0 aliphatic heterocycles. The van der Waals surface area contributed by atoms with Crippen molar-refractivity contribution in [3.05, 3.63) is 47.5 Å². The average Bonchev–Trinajstić information content (AvgIpc) is 2.95. The van der Waals surface area contributed by atoms with E-state index in [1.54, 1.807) is 0 Å². The molecule has 1 aromatic carbocycles. The van der Waals surface area contributed by atoms with Crippen molar-refractivity contribution in [2.75, 3.05) is 12.4 Å². The number of nitrogens with one attached hydrogen (secondary N) is 1. The van der Waals surface area contributed by atoms with Crippen molar-refractivity contribution in [1.29, 1.82) is 0 Å². The van der Waals surface area contributed by atoms with E-state index in [1.807, 2.05) is 24.6 Å². The topological polar surface area (TPSA) is 24.9 Å². The quantitative estimate of drug-likeness (QED) is 0.752. The minimum Gasteiger partial charge on any atom is -0.373 e. The van der Waals surface area contributed by atoms with Gasteiger partial charge in [0.1, 0.15) is 5.82 Å². The van der Waals surface area contributed by atoms with E-state index in [1.165, 1.54) is 26.8 Å². The smallest absolute Gasteiger partial charge is 0.126 e. The number of pyridine rings is 1. The number of aromatic nitrogens is 1. The van der Waals surface area contributed by atoms with E-state index in [2.05, 4.69) is 52.9 Å². The highest BCUT2D eigenvalue weighted by molar-refractivity contribution is 7.13. The number of hydrogen-bond donors (Lipinski definition) is 1. The van der Waals surface area contributed by atoms with Gasteiger partial charge in [-0.1, -0.05) is 19.1 Å². The van der Waals surface area contributed by atoms with E-state index >= 15 is 0 Å². The fourth-order valence-electron chi connectivity index (χ4n) is 2.14. The van der Waals surface area contributed by atoms with Crippen LogP contribution in [0.3, 0.4) is 0 Å². The van der Waals surface area contributed by atoms with E-state index in [0.29, 0.717) is 0 Å². The van der Waals surface area contributed by atoms with Crippen molar-refractivity contribution >= 4 is 27.9 Å². The summed E-state index contributed by atoms with van der Waals surface area (Å²) in [5.74, 6) is 0.907. The Labute approximate surface area is 117 Å². The molecule has 19 heavy (non-hydrogen) atoms. The van der Waals surface area contributed by atoms with Gasteiger partial charge in [-0.05, 0) is 46.5 Å². The van der Waals surface area contributed by atoms with Crippen LogP contribution in [0.25, 0.3) is 21.2 Å². The summed E-state index contributed by atoms with van der Waals surface area (Å²) in [7, 11) is 1.89. The molecular formula is C16H16N2S. The first kappa shape index (κ1) is 12.2. The summed E-state index contributed by atoms with van der Waals surface area (Å²) in [6, 6.07) is 10.9. The number of fused-ring (bicyclic) bond motifs is 1. The minimum atomic E-state index is 0.907. The van der Waals surface area contributed by atoms with Crippen LogP contribution in [0.15, 0.2) is 41.9 Å². The third-order valence-electron chi connectivity index (χ3n) is 3.32. The molecule has 0 fully saturated rings. The molecule has 0 spiro atoms. The van der Waals surface area contributed by atoms with Crippen LogP contribution in [-0.2, 0) is 6.42 Å². The lowest BCUT2D eigenvalue weighted by molar-refractivity contribution is 1.16. The molecule has 2 heterocycles. The molecule has 0 radical (unpaired) electrons. The lowest BCUT2D eigenvalue weighted by Crippen LogP contribution is -1.91. The fraction of sp³-hybridized carbons (Fsp3) is 0.188. The molecule has 0 amide bonds. The lowest BCUT2D eigenvalue weighted by atomic mass is 10.1. The second-order valence-electron chi connectivity index (χ2n) is 4.55. The minimum absolute atomic E-state index is 0.907. The van der Waals surface area contributed by atoms with Crippen molar-refractivity contribution in [3.8, 4) is 10.4 Å². The summed E-state index contributed by atoms with van der Waals surface area (Å²) in [6.45, 7) is 2.19. The number of hydrogen-bond acceptors (Lipinski definition) is 3. The van der Waals surface area contributed by atoms with Gasteiger partial charge in [-0.3, -0.25) is 0 Å². The summed E-state index contributed by atoms with van der Waals surface area (Å²) >= 11 is 1.81. The van der Waals surface area contributed by atoms with Gasteiger partial charge in [0, 0.05) is 23.5 Å². The predicted molar refractivity (Wildman–Crippen MR) is 84.0 cm³/mol. The summed E-state index contributed by atoms with van der Waals surface area (Å²) in [4.78, 5) is 5.67. The number of anilines is 1. The third-order valence-corrected chi connectivity index (χ3v) is 4.35. The maximum Gasteiger partial charge on any atom is 0.126 e. The summed E-state index contributed by atoms with van der Waals surface area (Å²) in [5, 5.41) is 7.73. The van der Waals surface area contributed by atoms with Crippen LogP contribution in [-0.4, -0.2) is 12.0 Å². The summed E-state index contributed by atoms with van der Waals surface area (Å²) in [6.07, 6.45) is 3.01. The van der Waals surface area contributed by atoms with Gasteiger partial charge in [-0.15, -0.1) is 11.3 Å². The Kier molecular flexibility index (Phi) is 3.22. The van der Waals surface area contributed by atoms with Crippen LogP contribution in [0.5, 0.6) is 0 Å². The maximum atomic E-state index is 4.34. The number of nitrogens with zero attached hydrogens (tertiary/aromatic N) is 1. The normalized spacial score (nSPS) is 10.8. The van der Waals surface area contributed by atoms with Crippen molar-refractivity contribution in [2.45, 2.75) is 13.3 Å². The number of benzene rings is 1. The van der Waals surface area contributed by atoms with Gasteiger partial charge < -0.3 is 5.32 Å². The highest BCUT2D eigenvalue weighted by atomic mass is 32.1. The molecule has 0 unspecified atom stereocenters. The molecule has 2 nitrogen and oxygen atoms in total. The zero-order valence-electron chi connectivity index (χ0n) is 11.1. The van der Waals surface area contributed by atoms with E-state index in [9.17, 15) is 0 Å². The van der Waals surface area contributed by atoms with Gasteiger partial charge in [-0.25, -0.2) is 4.98 Å². The molecule has 0 saturated heterocycles. The number of aryl methyl sites for hydroxylation is 1. The number of thiophene rings is 1. The molecule has 0 bridgehead atoms. The Bertz CT molecular complexity index is 716. The van der Waals surface area contributed by atoms with Crippen molar-refractivity contribution < 1.29 is 0 Å². The van der Waals surface area contributed by atoms with Gasteiger partial charge in [0.2, 0.25) is 0 Å². The Morgan fingerprint density at radius 2 is 2.05 bits per heavy atom. The van der Waals surface area contributed by atoms with Crippen molar-refractivity contribution in [1.82, 2.24) is 4.98 Å². The molecule has 3 heteroatoms. The second-order valence-corrected chi connectivity index (χ2v) is 5.47. The van der Waals surface area contributed by atoms with Crippen LogP contribution in [0.4, 0.5) is 5.82 Å². The van der Waals surface area contributed by atoms with Gasteiger partial charge in [0.15, 0.2) is 0 Å². The molecule has 96 valence electrons. The monoisotopic (exact) mass is 268 g/mol. The Morgan fingerprint density at radius 3 is 2.79 bits per heavy atom. The van der Waals surface area contributed by atoms with Crippen LogP contribution < -0.4 is 5.32 Å². The molecule has 3 aromatic rings. The van der Waals surface area contributed by atoms with E-state index in [4.69, 9.17) is 0 Å². The first-order valence-corrected chi connectivity index (χ1v) is 7.33. The van der Waals surface area contributed by atoms with Crippen LogP contribution in [0.1, 0.15) is 12.5 Å². The zero-order valence-corrected chi connectivity index (χ0v) is 11.9. The Morgan fingerprint density at radius 1 is 1.16 bits per heavy atom. The van der Waals surface area contributed by atoms with Crippen molar-refractivity contribution in [3.63, 3.8) is 0 Å². The van der Waals surface area contributed by atoms with E-state index in [0.717, 1.165) is 12.2 Å².